The van der Waals surface area contributed by atoms with Crippen molar-refractivity contribution in [3.8, 4) is 5.69 Å². The molecule has 8 heteroatoms. The molecule has 160 valence electrons. The molecule has 0 unspecified atom stereocenters. The number of aryl methyl sites for hydroxylation is 1. The van der Waals surface area contributed by atoms with Gasteiger partial charge in [0.15, 0.2) is 0 Å². The molecule has 0 bridgehead atoms. The van der Waals surface area contributed by atoms with Crippen molar-refractivity contribution >= 4 is 23.4 Å². The number of nitrogens with one attached hydrogen (secondary N) is 2. The van der Waals surface area contributed by atoms with Crippen LogP contribution in [0.15, 0.2) is 54.6 Å². The number of benzene rings is 2. The predicted molar refractivity (Wildman–Crippen MR) is 118 cm³/mol. The van der Waals surface area contributed by atoms with Gasteiger partial charge in [-0.25, -0.2) is 4.68 Å². The number of hydrogen-bond acceptors (Lipinski definition) is 4. The van der Waals surface area contributed by atoms with E-state index in [1.807, 2.05) is 48.9 Å². The molecule has 0 saturated carbocycles. The minimum absolute atomic E-state index is 0.0459. The summed E-state index contributed by atoms with van der Waals surface area (Å²) < 4.78 is 1.82. The van der Waals surface area contributed by atoms with Gasteiger partial charge in [-0.2, -0.15) is 5.10 Å². The molecule has 31 heavy (non-hydrogen) atoms. The second-order valence-electron chi connectivity index (χ2n) is 7.14. The van der Waals surface area contributed by atoms with Crippen molar-refractivity contribution in [1.82, 2.24) is 15.1 Å². The zero-order valence-electron chi connectivity index (χ0n) is 17.5. The van der Waals surface area contributed by atoms with E-state index < -0.39 is 5.91 Å². The zero-order valence-corrected chi connectivity index (χ0v) is 17.5. The molecule has 8 nitrogen and oxygen atoms in total. The number of carbonyl (C=O) groups excluding carboxylic acids is 3. The molecule has 0 saturated heterocycles. The summed E-state index contributed by atoms with van der Waals surface area (Å²) in [4.78, 5) is 36.1. The molecule has 0 atom stereocenters. The molecule has 1 aromatic heterocycles. The summed E-state index contributed by atoms with van der Waals surface area (Å²) in [6.45, 7) is 3.93. The number of rotatable bonds is 8. The Morgan fingerprint density at radius 1 is 1.00 bits per heavy atom. The first-order valence-corrected chi connectivity index (χ1v) is 9.92. The number of primary amides is 1. The first-order valence-electron chi connectivity index (χ1n) is 9.92. The number of amides is 3. The highest BCUT2D eigenvalue weighted by atomic mass is 16.2. The van der Waals surface area contributed by atoms with Crippen molar-refractivity contribution in [3.63, 3.8) is 0 Å². The average Bonchev–Trinajstić information content (AvgIpc) is 3.02. The molecule has 0 aliphatic carbocycles. The van der Waals surface area contributed by atoms with Gasteiger partial charge >= 0.3 is 0 Å². The Labute approximate surface area is 180 Å². The van der Waals surface area contributed by atoms with Gasteiger partial charge in [0.1, 0.15) is 0 Å². The fraction of sp³-hybridized carbons (Fsp3) is 0.217. The summed E-state index contributed by atoms with van der Waals surface area (Å²) in [5.74, 6) is -1.14. The van der Waals surface area contributed by atoms with E-state index in [0.29, 0.717) is 11.3 Å². The first kappa shape index (κ1) is 21.8. The first-order chi connectivity index (χ1) is 14.9. The molecule has 3 rings (SSSR count). The third-order valence-electron chi connectivity index (χ3n) is 4.88. The lowest BCUT2D eigenvalue weighted by Crippen LogP contribution is -2.29. The monoisotopic (exact) mass is 419 g/mol. The van der Waals surface area contributed by atoms with Crippen LogP contribution >= 0.6 is 0 Å². The minimum atomic E-state index is -0.497. The number of para-hydroxylation sites is 2. The minimum Gasteiger partial charge on any atom is -0.370 e. The fourth-order valence-electron chi connectivity index (χ4n) is 3.29. The number of carbonyl (C=O) groups is 3. The largest absolute Gasteiger partial charge is 0.370 e. The molecule has 3 aromatic rings. The van der Waals surface area contributed by atoms with Gasteiger partial charge in [0.25, 0.3) is 5.91 Å². The Morgan fingerprint density at radius 2 is 1.68 bits per heavy atom. The zero-order chi connectivity index (χ0) is 22.4. The van der Waals surface area contributed by atoms with Crippen LogP contribution in [0, 0.1) is 13.8 Å². The Bertz CT molecular complexity index is 1110. The SMILES string of the molecule is Cc1nn(-c2ccccc2)c(C)c1CC(=O)Nc1ccccc1C(=O)NCCC(N)=O. The molecule has 4 N–H and O–H groups in total. The van der Waals surface area contributed by atoms with Gasteiger partial charge in [0.2, 0.25) is 11.8 Å². The van der Waals surface area contributed by atoms with Crippen molar-refractivity contribution in [2.24, 2.45) is 5.73 Å². The molecule has 2 aromatic carbocycles. The summed E-state index contributed by atoms with van der Waals surface area (Å²) in [5, 5.41) is 10.0. The Balaban J connectivity index is 1.73. The van der Waals surface area contributed by atoms with Gasteiger partial charge in [0, 0.05) is 24.2 Å². The van der Waals surface area contributed by atoms with E-state index in [0.717, 1.165) is 22.6 Å². The third kappa shape index (κ3) is 5.36. The molecule has 3 amide bonds. The van der Waals surface area contributed by atoms with Crippen LogP contribution in [-0.2, 0) is 16.0 Å². The van der Waals surface area contributed by atoms with Crippen molar-refractivity contribution in [3.05, 3.63) is 77.1 Å². The predicted octanol–water partition coefficient (Wildman–Crippen LogP) is 2.28. The van der Waals surface area contributed by atoms with E-state index >= 15 is 0 Å². The third-order valence-corrected chi connectivity index (χ3v) is 4.88. The van der Waals surface area contributed by atoms with Crippen LogP contribution in [0.3, 0.4) is 0 Å². The lowest BCUT2D eigenvalue weighted by molar-refractivity contribution is -0.118. The van der Waals surface area contributed by atoms with Crippen LogP contribution in [0.25, 0.3) is 5.69 Å². The lowest BCUT2D eigenvalue weighted by atomic mass is 10.1. The molecule has 0 radical (unpaired) electrons. The summed E-state index contributed by atoms with van der Waals surface area (Å²) in [7, 11) is 0. The maximum atomic E-state index is 12.8. The molecular formula is C23H25N5O3. The van der Waals surface area contributed by atoms with Gasteiger partial charge in [-0.1, -0.05) is 30.3 Å². The lowest BCUT2D eigenvalue weighted by Gasteiger charge is -2.11. The highest BCUT2D eigenvalue weighted by Crippen LogP contribution is 2.20. The van der Waals surface area contributed by atoms with Crippen LogP contribution in [0.5, 0.6) is 0 Å². The summed E-state index contributed by atoms with van der Waals surface area (Å²) in [6.07, 6.45) is 0.173. The van der Waals surface area contributed by atoms with Crippen LogP contribution in [0.2, 0.25) is 0 Å². The Kier molecular flexibility index (Phi) is 6.81. The highest BCUT2D eigenvalue weighted by molar-refractivity contribution is 6.04. The smallest absolute Gasteiger partial charge is 0.253 e. The maximum absolute atomic E-state index is 12.8. The number of nitrogens with two attached hydrogens (primary N) is 1. The number of anilines is 1. The van der Waals surface area contributed by atoms with E-state index in [-0.39, 0.29) is 31.2 Å². The van der Waals surface area contributed by atoms with Crippen molar-refractivity contribution in [2.75, 3.05) is 11.9 Å². The quantitative estimate of drug-likeness (QED) is 0.519. The Hall–Kier alpha value is -3.94. The van der Waals surface area contributed by atoms with Crippen molar-refractivity contribution in [2.45, 2.75) is 26.7 Å². The van der Waals surface area contributed by atoms with Gasteiger partial charge in [0.05, 0.1) is 29.1 Å². The highest BCUT2D eigenvalue weighted by Gasteiger charge is 2.18. The fourth-order valence-corrected chi connectivity index (χ4v) is 3.29. The summed E-state index contributed by atoms with van der Waals surface area (Å²) >= 11 is 0. The van der Waals surface area contributed by atoms with E-state index in [9.17, 15) is 14.4 Å². The molecule has 0 aliphatic heterocycles. The van der Waals surface area contributed by atoms with E-state index in [2.05, 4.69) is 15.7 Å². The molecule has 1 heterocycles. The van der Waals surface area contributed by atoms with Crippen LogP contribution < -0.4 is 16.4 Å². The summed E-state index contributed by atoms with van der Waals surface area (Å²) in [5.41, 5.74) is 9.23. The summed E-state index contributed by atoms with van der Waals surface area (Å²) in [6, 6.07) is 16.4. The maximum Gasteiger partial charge on any atom is 0.253 e. The van der Waals surface area contributed by atoms with E-state index in [1.54, 1.807) is 24.3 Å². The molecular weight excluding hydrogens is 394 g/mol. The van der Waals surface area contributed by atoms with Crippen molar-refractivity contribution < 1.29 is 14.4 Å². The van der Waals surface area contributed by atoms with Crippen LogP contribution in [0.4, 0.5) is 5.69 Å². The van der Waals surface area contributed by atoms with Crippen molar-refractivity contribution in [1.29, 1.82) is 0 Å². The van der Waals surface area contributed by atoms with Gasteiger partial charge in [-0.15, -0.1) is 0 Å². The van der Waals surface area contributed by atoms with E-state index in [1.165, 1.54) is 0 Å². The number of hydrogen-bond donors (Lipinski definition) is 3. The molecule has 0 aliphatic rings. The van der Waals surface area contributed by atoms with Gasteiger partial charge in [-0.3, -0.25) is 14.4 Å². The second-order valence-corrected chi connectivity index (χ2v) is 7.14. The van der Waals surface area contributed by atoms with Crippen LogP contribution in [0.1, 0.15) is 33.7 Å². The van der Waals surface area contributed by atoms with Crippen LogP contribution in [-0.4, -0.2) is 34.0 Å². The number of nitrogens with zero attached hydrogens (tertiary/aromatic N) is 2. The molecule has 0 fully saturated rings. The topological polar surface area (TPSA) is 119 Å². The second kappa shape index (κ2) is 9.71. The van der Waals surface area contributed by atoms with Gasteiger partial charge < -0.3 is 16.4 Å². The Morgan fingerprint density at radius 3 is 2.39 bits per heavy atom. The number of aromatic nitrogens is 2. The normalized spacial score (nSPS) is 10.5. The standard InChI is InChI=1S/C23H25N5O3/c1-15-19(16(2)28(27-15)17-8-4-3-5-9-17)14-22(30)26-20-11-7-6-10-18(20)23(31)25-13-12-21(24)29/h3-11H,12-14H2,1-2H3,(H2,24,29)(H,25,31)(H,26,30). The molecule has 0 spiro atoms. The van der Waals surface area contributed by atoms with E-state index in [4.69, 9.17) is 5.73 Å². The average molecular weight is 419 g/mol. The van der Waals surface area contributed by atoms with Gasteiger partial charge in [-0.05, 0) is 38.1 Å².